The second-order valence-corrected chi connectivity index (χ2v) is 2.41. The first-order valence-electron chi connectivity index (χ1n) is 3.18. The quantitative estimate of drug-likeness (QED) is 0.732. The maximum Gasteiger partial charge on any atom is 0.193 e. The van der Waals surface area contributed by atoms with Crippen LogP contribution in [-0.2, 0) is 6.42 Å². The van der Waals surface area contributed by atoms with Crippen LogP contribution in [0.15, 0.2) is 16.5 Å². The van der Waals surface area contributed by atoms with E-state index in [0.29, 0.717) is 5.22 Å². The zero-order valence-corrected chi connectivity index (χ0v) is 6.27. The summed E-state index contributed by atoms with van der Waals surface area (Å²) in [6, 6.07) is 3.52. The molecule has 2 nitrogen and oxygen atoms in total. The fourth-order valence-electron chi connectivity index (χ4n) is 0.739. The van der Waals surface area contributed by atoms with Crippen molar-refractivity contribution in [1.29, 1.82) is 0 Å². The summed E-state index contributed by atoms with van der Waals surface area (Å²) in [5.74, 6) is 0.832. The van der Waals surface area contributed by atoms with Crippen molar-refractivity contribution in [3.05, 3.63) is 23.1 Å². The molecule has 0 fully saturated rings. The molecule has 1 N–H and O–H groups in total. The Labute approximate surface area is 64.4 Å². The summed E-state index contributed by atoms with van der Waals surface area (Å²) in [5, 5.41) is 8.87. The van der Waals surface area contributed by atoms with Crippen molar-refractivity contribution in [3.63, 3.8) is 0 Å². The van der Waals surface area contributed by atoms with Crippen LogP contribution >= 0.6 is 11.6 Å². The lowest BCUT2D eigenvalue weighted by atomic mass is 10.3. The van der Waals surface area contributed by atoms with E-state index in [1.165, 1.54) is 0 Å². The van der Waals surface area contributed by atoms with Gasteiger partial charge in [0.05, 0.1) is 0 Å². The van der Waals surface area contributed by atoms with Gasteiger partial charge in [0.15, 0.2) is 5.22 Å². The van der Waals surface area contributed by atoms with Crippen LogP contribution in [-0.4, -0.2) is 11.7 Å². The SMILES string of the molecule is OCCCc1ccc(Cl)o1. The molecule has 1 aromatic rings. The summed E-state index contributed by atoms with van der Waals surface area (Å²) < 4.78 is 5.04. The lowest BCUT2D eigenvalue weighted by Crippen LogP contribution is -1.85. The standard InChI is InChI=1S/C7H9ClO2/c8-7-4-3-6(10-7)2-1-5-9/h3-4,9H,1-2,5H2. The molecule has 0 aliphatic carbocycles. The minimum Gasteiger partial charge on any atom is -0.450 e. The molecule has 0 radical (unpaired) electrons. The second kappa shape index (κ2) is 3.64. The molecule has 0 unspecified atom stereocenters. The van der Waals surface area contributed by atoms with Gasteiger partial charge in [-0.15, -0.1) is 0 Å². The van der Waals surface area contributed by atoms with E-state index in [-0.39, 0.29) is 6.61 Å². The second-order valence-electron chi connectivity index (χ2n) is 2.03. The molecular weight excluding hydrogens is 152 g/mol. The molecule has 0 saturated heterocycles. The Morgan fingerprint density at radius 1 is 1.50 bits per heavy atom. The maximum absolute atomic E-state index is 8.46. The third-order valence-corrected chi connectivity index (χ3v) is 1.41. The van der Waals surface area contributed by atoms with E-state index < -0.39 is 0 Å². The van der Waals surface area contributed by atoms with Gasteiger partial charge in [0, 0.05) is 13.0 Å². The summed E-state index contributed by atoms with van der Waals surface area (Å²) >= 11 is 5.51. The maximum atomic E-state index is 8.46. The molecule has 0 aliphatic heterocycles. The van der Waals surface area contributed by atoms with Gasteiger partial charge in [-0.3, -0.25) is 0 Å². The van der Waals surface area contributed by atoms with Gasteiger partial charge < -0.3 is 9.52 Å². The molecule has 1 aromatic heterocycles. The van der Waals surface area contributed by atoms with Gasteiger partial charge in [-0.1, -0.05) is 0 Å². The van der Waals surface area contributed by atoms with Gasteiger partial charge in [-0.25, -0.2) is 0 Å². The fraction of sp³-hybridized carbons (Fsp3) is 0.429. The fourth-order valence-corrected chi connectivity index (χ4v) is 0.901. The first-order chi connectivity index (χ1) is 4.83. The van der Waals surface area contributed by atoms with E-state index in [1.54, 1.807) is 6.07 Å². The number of aliphatic hydroxyl groups is 1. The Morgan fingerprint density at radius 3 is 2.80 bits per heavy atom. The van der Waals surface area contributed by atoms with Crippen molar-refractivity contribution in [1.82, 2.24) is 0 Å². The highest BCUT2D eigenvalue weighted by Gasteiger charge is 1.97. The van der Waals surface area contributed by atoms with E-state index in [0.717, 1.165) is 18.6 Å². The zero-order valence-electron chi connectivity index (χ0n) is 5.51. The van der Waals surface area contributed by atoms with Crippen molar-refractivity contribution < 1.29 is 9.52 Å². The first-order valence-corrected chi connectivity index (χ1v) is 3.56. The number of rotatable bonds is 3. The third kappa shape index (κ3) is 2.05. The van der Waals surface area contributed by atoms with Gasteiger partial charge in [0.2, 0.25) is 0 Å². The Bertz CT molecular complexity index is 195. The predicted molar refractivity (Wildman–Crippen MR) is 39.1 cm³/mol. The Morgan fingerprint density at radius 2 is 2.30 bits per heavy atom. The van der Waals surface area contributed by atoms with Crippen molar-refractivity contribution in [2.24, 2.45) is 0 Å². The summed E-state index contributed by atoms with van der Waals surface area (Å²) in [6.07, 6.45) is 1.48. The number of hydrogen-bond acceptors (Lipinski definition) is 2. The van der Waals surface area contributed by atoms with Crippen molar-refractivity contribution >= 4 is 11.6 Å². The van der Waals surface area contributed by atoms with E-state index in [9.17, 15) is 0 Å². The van der Waals surface area contributed by atoms with Crippen LogP contribution in [0.4, 0.5) is 0 Å². The molecule has 56 valence electrons. The number of aryl methyl sites for hydroxylation is 1. The van der Waals surface area contributed by atoms with Crippen LogP contribution in [0.3, 0.4) is 0 Å². The lowest BCUT2D eigenvalue weighted by molar-refractivity contribution is 0.284. The number of hydrogen-bond donors (Lipinski definition) is 1. The van der Waals surface area contributed by atoms with E-state index >= 15 is 0 Å². The van der Waals surface area contributed by atoms with Gasteiger partial charge in [0.25, 0.3) is 0 Å². The molecule has 1 rings (SSSR count). The Kier molecular flexibility index (Phi) is 2.78. The molecule has 0 aromatic carbocycles. The molecule has 0 amide bonds. The third-order valence-electron chi connectivity index (χ3n) is 1.21. The minimum atomic E-state index is 0.193. The van der Waals surface area contributed by atoms with Crippen LogP contribution in [0, 0.1) is 0 Å². The van der Waals surface area contributed by atoms with Crippen molar-refractivity contribution in [2.75, 3.05) is 6.61 Å². The summed E-state index contributed by atoms with van der Waals surface area (Å²) in [5.41, 5.74) is 0. The summed E-state index contributed by atoms with van der Waals surface area (Å²) in [4.78, 5) is 0. The van der Waals surface area contributed by atoms with Gasteiger partial charge in [-0.05, 0) is 30.2 Å². The van der Waals surface area contributed by atoms with Crippen molar-refractivity contribution in [2.45, 2.75) is 12.8 Å². The van der Waals surface area contributed by atoms with Gasteiger partial charge in [-0.2, -0.15) is 0 Å². The number of furan rings is 1. The molecule has 3 heteroatoms. The largest absolute Gasteiger partial charge is 0.450 e. The normalized spacial score (nSPS) is 10.2. The van der Waals surface area contributed by atoms with Crippen molar-refractivity contribution in [3.8, 4) is 0 Å². The highest BCUT2D eigenvalue weighted by atomic mass is 35.5. The molecule has 10 heavy (non-hydrogen) atoms. The highest BCUT2D eigenvalue weighted by molar-refractivity contribution is 6.28. The van der Waals surface area contributed by atoms with Gasteiger partial charge >= 0.3 is 0 Å². The van der Waals surface area contributed by atoms with Crippen LogP contribution in [0.2, 0.25) is 5.22 Å². The van der Waals surface area contributed by atoms with Crippen LogP contribution in [0.1, 0.15) is 12.2 Å². The minimum absolute atomic E-state index is 0.193. The highest BCUT2D eigenvalue weighted by Crippen LogP contribution is 2.13. The first kappa shape index (κ1) is 7.63. The smallest absolute Gasteiger partial charge is 0.193 e. The van der Waals surface area contributed by atoms with E-state index in [4.69, 9.17) is 21.1 Å². The number of halogens is 1. The summed E-state index contributed by atoms with van der Waals surface area (Å²) in [6.45, 7) is 0.193. The molecule has 0 aliphatic rings. The van der Waals surface area contributed by atoms with E-state index in [1.807, 2.05) is 6.07 Å². The predicted octanol–water partition coefficient (Wildman–Crippen LogP) is 1.86. The number of aliphatic hydroxyl groups excluding tert-OH is 1. The Balaban J connectivity index is 2.42. The molecule has 1 heterocycles. The molecule has 0 saturated carbocycles. The average molecular weight is 161 g/mol. The van der Waals surface area contributed by atoms with Crippen LogP contribution in [0.25, 0.3) is 0 Å². The molecule has 0 bridgehead atoms. The lowest BCUT2D eigenvalue weighted by Gasteiger charge is -1.90. The van der Waals surface area contributed by atoms with Crippen LogP contribution < -0.4 is 0 Å². The molecule has 0 atom stereocenters. The molecule has 0 spiro atoms. The summed E-state index contributed by atoms with van der Waals surface area (Å²) in [7, 11) is 0. The molecular formula is C7H9ClO2. The zero-order chi connectivity index (χ0) is 7.40. The average Bonchev–Trinajstić information content (AvgIpc) is 2.31. The van der Waals surface area contributed by atoms with Crippen LogP contribution in [0.5, 0.6) is 0 Å². The Hall–Kier alpha value is -0.470. The topological polar surface area (TPSA) is 33.4 Å². The van der Waals surface area contributed by atoms with E-state index in [2.05, 4.69) is 0 Å². The van der Waals surface area contributed by atoms with Gasteiger partial charge in [0.1, 0.15) is 5.76 Å². The monoisotopic (exact) mass is 160 g/mol.